The van der Waals surface area contributed by atoms with Gasteiger partial charge < -0.3 is 24.5 Å². The quantitative estimate of drug-likeness (QED) is 0.658. The molecule has 30 heavy (non-hydrogen) atoms. The fourth-order valence-corrected chi connectivity index (χ4v) is 4.50. The lowest BCUT2D eigenvalue weighted by Crippen LogP contribution is -2.45. The van der Waals surface area contributed by atoms with Crippen molar-refractivity contribution in [2.24, 2.45) is 0 Å². The zero-order valence-electron chi connectivity index (χ0n) is 17.8. The Morgan fingerprint density at radius 1 is 1.30 bits per heavy atom. The Kier molecular flexibility index (Phi) is 6.99. The molecule has 0 unspecified atom stereocenters. The van der Waals surface area contributed by atoms with E-state index in [-0.39, 0.29) is 18.6 Å². The van der Waals surface area contributed by atoms with Crippen LogP contribution in [-0.4, -0.2) is 88.8 Å². The number of likely N-dealkylation sites (tertiary alicyclic amines) is 1. The van der Waals surface area contributed by atoms with Crippen LogP contribution in [0.3, 0.4) is 0 Å². The van der Waals surface area contributed by atoms with Crippen LogP contribution in [0.1, 0.15) is 41.0 Å². The van der Waals surface area contributed by atoms with Crippen molar-refractivity contribution in [3.8, 4) is 0 Å². The van der Waals surface area contributed by atoms with Crippen molar-refractivity contribution >= 4 is 11.6 Å². The van der Waals surface area contributed by atoms with Crippen LogP contribution in [0.25, 0.3) is 5.65 Å². The Balaban J connectivity index is 1.47. The van der Waals surface area contributed by atoms with E-state index in [0.717, 1.165) is 43.0 Å². The molecule has 0 bridgehead atoms. The van der Waals surface area contributed by atoms with Gasteiger partial charge in [-0.15, -0.1) is 0 Å². The summed E-state index contributed by atoms with van der Waals surface area (Å²) in [7, 11) is 0. The fraction of sp³-hybridized carbons (Fsp3) is 0.636. The summed E-state index contributed by atoms with van der Waals surface area (Å²) in [5.74, 6) is -0.0189. The van der Waals surface area contributed by atoms with E-state index in [0.29, 0.717) is 38.5 Å². The molecule has 0 aromatic carbocycles. The van der Waals surface area contributed by atoms with Gasteiger partial charge in [0.1, 0.15) is 5.65 Å². The molecule has 2 aromatic heterocycles. The number of pyridine rings is 1. The van der Waals surface area contributed by atoms with E-state index in [1.165, 1.54) is 12.8 Å². The standard InChI is InChI=1S/C22H33N5O3/c1-17-5-4-9-27-19(15-23-7-10-25-8-3-2-6-18(25)16-28)20(24-21(17)27)22(29)26-11-13-30-14-12-26/h4-5,9,18,23,28H,2-3,6-8,10-16H2,1H3/t18-/m0/s1. The predicted molar refractivity (Wildman–Crippen MR) is 115 cm³/mol. The van der Waals surface area contributed by atoms with Gasteiger partial charge in [-0.1, -0.05) is 12.5 Å². The molecule has 0 saturated carbocycles. The van der Waals surface area contributed by atoms with E-state index in [9.17, 15) is 9.90 Å². The van der Waals surface area contributed by atoms with Crippen molar-refractivity contribution in [2.45, 2.75) is 38.8 Å². The average Bonchev–Trinajstić information content (AvgIpc) is 3.17. The molecule has 8 heteroatoms. The molecule has 1 atom stereocenters. The van der Waals surface area contributed by atoms with Crippen LogP contribution < -0.4 is 5.32 Å². The minimum absolute atomic E-state index is 0.0189. The number of imidazole rings is 1. The van der Waals surface area contributed by atoms with E-state index in [4.69, 9.17) is 9.72 Å². The summed E-state index contributed by atoms with van der Waals surface area (Å²) in [6.45, 7) is 7.94. The normalized spacial score (nSPS) is 20.7. The number of hydrogen-bond acceptors (Lipinski definition) is 6. The van der Waals surface area contributed by atoms with Gasteiger partial charge in [0.2, 0.25) is 0 Å². The van der Waals surface area contributed by atoms with Crippen LogP contribution in [0.15, 0.2) is 18.3 Å². The molecule has 8 nitrogen and oxygen atoms in total. The third kappa shape index (κ3) is 4.51. The summed E-state index contributed by atoms with van der Waals surface area (Å²) in [5, 5.41) is 13.1. The van der Waals surface area contributed by atoms with Gasteiger partial charge in [-0.2, -0.15) is 0 Å². The molecule has 0 spiro atoms. The molecule has 2 aromatic rings. The van der Waals surface area contributed by atoms with Gasteiger partial charge in [-0.25, -0.2) is 4.98 Å². The van der Waals surface area contributed by atoms with E-state index in [1.54, 1.807) is 0 Å². The molecule has 2 N–H and O–H groups in total. The molecule has 4 rings (SSSR count). The van der Waals surface area contributed by atoms with Gasteiger partial charge in [0.05, 0.1) is 25.5 Å². The molecule has 2 aliphatic rings. The number of ether oxygens (including phenoxy) is 1. The molecular formula is C22H33N5O3. The Bertz CT molecular complexity index is 862. The van der Waals surface area contributed by atoms with Crippen molar-refractivity contribution in [1.29, 1.82) is 0 Å². The third-order valence-corrected chi connectivity index (χ3v) is 6.27. The second kappa shape index (κ2) is 9.87. The summed E-state index contributed by atoms with van der Waals surface area (Å²) in [4.78, 5) is 22.1. The zero-order chi connectivity index (χ0) is 20.9. The molecule has 2 aliphatic heterocycles. The number of aliphatic hydroxyl groups is 1. The average molecular weight is 416 g/mol. The number of nitrogens with zero attached hydrogens (tertiary/aromatic N) is 4. The maximum Gasteiger partial charge on any atom is 0.274 e. The summed E-state index contributed by atoms with van der Waals surface area (Å²) in [5.41, 5.74) is 3.33. The predicted octanol–water partition coefficient (Wildman–Crippen LogP) is 1.05. The summed E-state index contributed by atoms with van der Waals surface area (Å²) in [6, 6.07) is 4.29. The number of hydrogen-bond donors (Lipinski definition) is 2. The van der Waals surface area contributed by atoms with E-state index in [1.807, 2.05) is 34.6 Å². The lowest BCUT2D eigenvalue weighted by Gasteiger charge is -2.34. The number of rotatable bonds is 7. The van der Waals surface area contributed by atoms with Crippen LogP contribution >= 0.6 is 0 Å². The van der Waals surface area contributed by atoms with Gasteiger partial charge >= 0.3 is 0 Å². The maximum atomic E-state index is 13.2. The largest absolute Gasteiger partial charge is 0.395 e. The number of aryl methyl sites for hydroxylation is 1. The lowest BCUT2D eigenvalue weighted by molar-refractivity contribution is 0.0298. The number of aliphatic hydroxyl groups excluding tert-OH is 1. The van der Waals surface area contributed by atoms with E-state index < -0.39 is 0 Å². The number of morpholine rings is 1. The number of amides is 1. The molecule has 2 fully saturated rings. The molecule has 0 aliphatic carbocycles. The smallest absolute Gasteiger partial charge is 0.274 e. The topological polar surface area (TPSA) is 82.3 Å². The number of piperidine rings is 1. The fourth-order valence-electron chi connectivity index (χ4n) is 4.50. The highest BCUT2D eigenvalue weighted by atomic mass is 16.5. The molecule has 1 amide bonds. The van der Waals surface area contributed by atoms with E-state index >= 15 is 0 Å². The van der Waals surface area contributed by atoms with Crippen molar-refractivity contribution in [3.63, 3.8) is 0 Å². The number of fused-ring (bicyclic) bond motifs is 1. The molecule has 4 heterocycles. The number of carbonyl (C=O) groups is 1. The Hall–Kier alpha value is -2.00. The number of carbonyl (C=O) groups excluding carboxylic acids is 1. The van der Waals surface area contributed by atoms with Crippen molar-refractivity contribution < 1.29 is 14.6 Å². The van der Waals surface area contributed by atoms with Crippen LogP contribution in [0.2, 0.25) is 0 Å². The Labute approximate surface area is 177 Å². The molecule has 2 saturated heterocycles. The highest BCUT2D eigenvalue weighted by Gasteiger charge is 2.26. The number of aromatic nitrogens is 2. The first-order valence-electron chi connectivity index (χ1n) is 11.1. The van der Waals surface area contributed by atoms with Gasteiger partial charge in [-0.05, 0) is 37.9 Å². The first-order valence-corrected chi connectivity index (χ1v) is 11.1. The summed E-state index contributed by atoms with van der Waals surface area (Å²) < 4.78 is 7.43. The van der Waals surface area contributed by atoms with Crippen LogP contribution in [0, 0.1) is 6.92 Å². The molecule has 164 valence electrons. The zero-order valence-corrected chi connectivity index (χ0v) is 17.8. The van der Waals surface area contributed by atoms with Gasteiger partial charge in [0.15, 0.2) is 5.69 Å². The van der Waals surface area contributed by atoms with Crippen molar-refractivity contribution in [3.05, 3.63) is 35.3 Å². The van der Waals surface area contributed by atoms with E-state index in [2.05, 4.69) is 10.2 Å². The highest BCUT2D eigenvalue weighted by Crippen LogP contribution is 2.19. The molecule has 0 radical (unpaired) electrons. The first kappa shape index (κ1) is 21.2. The maximum absolute atomic E-state index is 13.2. The van der Waals surface area contributed by atoms with Gasteiger partial charge in [0, 0.05) is 45.0 Å². The van der Waals surface area contributed by atoms with Gasteiger partial charge in [0.25, 0.3) is 5.91 Å². The lowest BCUT2D eigenvalue weighted by atomic mass is 10.0. The minimum Gasteiger partial charge on any atom is -0.395 e. The Morgan fingerprint density at radius 2 is 2.13 bits per heavy atom. The monoisotopic (exact) mass is 415 g/mol. The number of nitrogens with one attached hydrogen (secondary N) is 1. The highest BCUT2D eigenvalue weighted by molar-refractivity contribution is 5.94. The van der Waals surface area contributed by atoms with Crippen LogP contribution in [0.4, 0.5) is 0 Å². The second-order valence-corrected chi connectivity index (χ2v) is 8.24. The van der Waals surface area contributed by atoms with Crippen LogP contribution in [0.5, 0.6) is 0 Å². The first-order chi connectivity index (χ1) is 14.7. The minimum atomic E-state index is -0.0189. The summed E-state index contributed by atoms with van der Waals surface area (Å²) in [6.07, 6.45) is 5.45. The van der Waals surface area contributed by atoms with Gasteiger partial charge in [-0.3, -0.25) is 9.69 Å². The third-order valence-electron chi connectivity index (χ3n) is 6.27. The van der Waals surface area contributed by atoms with Crippen LogP contribution in [-0.2, 0) is 11.3 Å². The van der Waals surface area contributed by atoms with Crippen molar-refractivity contribution in [2.75, 3.05) is 52.5 Å². The Morgan fingerprint density at radius 3 is 2.93 bits per heavy atom. The summed E-state index contributed by atoms with van der Waals surface area (Å²) >= 11 is 0. The second-order valence-electron chi connectivity index (χ2n) is 8.24. The van der Waals surface area contributed by atoms with Crippen molar-refractivity contribution in [1.82, 2.24) is 24.5 Å². The molecular weight excluding hydrogens is 382 g/mol. The SMILES string of the molecule is Cc1cccn2c(CNCCN3CCCC[C@H]3CO)c(C(=O)N3CCOCC3)nc12.